The first-order valence-electron chi connectivity index (χ1n) is 6.91. The summed E-state index contributed by atoms with van der Waals surface area (Å²) in [7, 11) is 2.01. The number of benzene rings is 1. The van der Waals surface area contributed by atoms with E-state index in [0.29, 0.717) is 6.54 Å². The first-order valence-corrected chi connectivity index (χ1v) is 6.91. The predicted molar refractivity (Wildman–Crippen MR) is 77.8 cm³/mol. The Kier molecular flexibility index (Phi) is 4.56. The summed E-state index contributed by atoms with van der Waals surface area (Å²) in [4.78, 5) is 14.4. The molecule has 3 N–H and O–H groups in total. The molecule has 0 radical (unpaired) electrons. The molecule has 1 aromatic carbocycles. The van der Waals surface area contributed by atoms with Crippen LogP contribution in [0.5, 0.6) is 0 Å². The third-order valence-corrected chi connectivity index (χ3v) is 3.78. The van der Waals surface area contributed by atoms with Gasteiger partial charge in [-0.1, -0.05) is 18.2 Å². The van der Waals surface area contributed by atoms with Gasteiger partial charge in [-0.3, -0.25) is 9.69 Å². The number of para-hydroxylation sites is 1. The highest BCUT2D eigenvalue weighted by Crippen LogP contribution is 2.29. The van der Waals surface area contributed by atoms with E-state index in [4.69, 9.17) is 5.73 Å². The van der Waals surface area contributed by atoms with Gasteiger partial charge in [0.1, 0.15) is 0 Å². The molecule has 1 aliphatic carbocycles. The second-order valence-electron chi connectivity index (χ2n) is 5.41. The number of carbonyl (C=O) groups excluding carboxylic acids is 1. The van der Waals surface area contributed by atoms with Gasteiger partial charge < -0.3 is 11.1 Å². The molecular weight excluding hydrogens is 238 g/mol. The van der Waals surface area contributed by atoms with Crippen LogP contribution in [0.1, 0.15) is 25.3 Å². The smallest absolute Gasteiger partial charge is 0.241 e. The summed E-state index contributed by atoms with van der Waals surface area (Å²) < 4.78 is 0. The Labute approximate surface area is 115 Å². The summed E-state index contributed by atoms with van der Waals surface area (Å²) in [6.45, 7) is 3.39. The van der Waals surface area contributed by atoms with Gasteiger partial charge in [0.15, 0.2) is 0 Å². The molecular formula is C15H23N3O. The monoisotopic (exact) mass is 261 g/mol. The highest BCUT2D eigenvalue weighted by Gasteiger charge is 2.27. The molecule has 1 fully saturated rings. The highest BCUT2D eigenvalue weighted by molar-refractivity contribution is 5.95. The highest BCUT2D eigenvalue weighted by atomic mass is 16.2. The van der Waals surface area contributed by atoms with E-state index in [0.717, 1.165) is 23.7 Å². The van der Waals surface area contributed by atoms with E-state index in [2.05, 4.69) is 10.2 Å². The number of rotatable bonds is 6. The maximum absolute atomic E-state index is 12.2. The van der Waals surface area contributed by atoms with Gasteiger partial charge in [0.05, 0.1) is 6.04 Å². The minimum Gasteiger partial charge on any atom is -0.326 e. The van der Waals surface area contributed by atoms with Crippen molar-refractivity contribution in [1.29, 1.82) is 0 Å². The second-order valence-corrected chi connectivity index (χ2v) is 5.41. The molecule has 1 aliphatic rings. The maximum Gasteiger partial charge on any atom is 0.241 e. The summed E-state index contributed by atoms with van der Waals surface area (Å²) in [5.74, 6) is 0.820. The average Bonchev–Trinajstić information content (AvgIpc) is 3.22. The number of nitrogens with two attached hydrogens (primary N) is 1. The molecule has 4 heteroatoms. The largest absolute Gasteiger partial charge is 0.326 e. The molecule has 1 atom stereocenters. The molecule has 4 nitrogen and oxygen atoms in total. The van der Waals surface area contributed by atoms with E-state index in [1.54, 1.807) is 0 Å². The quantitative estimate of drug-likeness (QED) is 0.821. The van der Waals surface area contributed by atoms with Gasteiger partial charge in [0, 0.05) is 18.8 Å². The van der Waals surface area contributed by atoms with Gasteiger partial charge in [-0.2, -0.15) is 0 Å². The predicted octanol–water partition coefficient (Wildman–Crippen LogP) is 1.81. The fourth-order valence-corrected chi connectivity index (χ4v) is 2.12. The Balaban J connectivity index is 1.95. The van der Waals surface area contributed by atoms with Gasteiger partial charge in [-0.15, -0.1) is 0 Å². The van der Waals surface area contributed by atoms with Crippen LogP contribution in [0.25, 0.3) is 0 Å². The normalized spacial score (nSPS) is 16.4. The lowest BCUT2D eigenvalue weighted by Gasteiger charge is -2.24. The molecule has 0 bridgehead atoms. The minimum atomic E-state index is -0.119. The number of nitrogens with one attached hydrogen (secondary N) is 1. The van der Waals surface area contributed by atoms with Crippen molar-refractivity contribution in [2.24, 2.45) is 11.7 Å². The van der Waals surface area contributed by atoms with Crippen LogP contribution in [0.15, 0.2) is 24.3 Å². The van der Waals surface area contributed by atoms with Gasteiger partial charge in [-0.05, 0) is 44.4 Å². The number of hydrogen-bond acceptors (Lipinski definition) is 3. The van der Waals surface area contributed by atoms with Crippen molar-refractivity contribution in [2.75, 3.05) is 18.9 Å². The third kappa shape index (κ3) is 3.78. The molecule has 104 valence electrons. The lowest BCUT2D eigenvalue weighted by molar-refractivity contribution is -0.120. The molecule has 0 aromatic heterocycles. The zero-order valence-corrected chi connectivity index (χ0v) is 11.7. The fraction of sp³-hybridized carbons (Fsp3) is 0.533. The molecule has 0 aliphatic heterocycles. The van der Waals surface area contributed by atoms with E-state index >= 15 is 0 Å². The third-order valence-electron chi connectivity index (χ3n) is 3.78. The zero-order chi connectivity index (χ0) is 13.8. The second kappa shape index (κ2) is 6.17. The number of hydrogen-bond donors (Lipinski definition) is 2. The van der Waals surface area contributed by atoms with Crippen molar-refractivity contribution in [3.8, 4) is 0 Å². The van der Waals surface area contributed by atoms with Crippen LogP contribution >= 0.6 is 0 Å². The Morgan fingerprint density at radius 1 is 1.47 bits per heavy atom. The van der Waals surface area contributed by atoms with Gasteiger partial charge in [0.2, 0.25) is 5.91 Å². The summed E-state index contributed by atoms with van der Waals surface area (Å²) in [6.07, 6.45) is 2.60. The van der Waals surface area contributed by atoms with Crippen molar-refractivity contribution >= 4 is 11.6 Å². The van der Waals surface area contributed by atoms with Crippen molar-refractivity contribution in [2.45, 2.75) is 32.4 Å². The van der Waals surface area contributed by atoms with Crippen LogP contribution in [0.4, 0.5) is 5.69 Å². The van der Waals surface area contributed by atoms with Crippen molar-refractivity contribution in [3.63, 3.8) is 0 Å². The first-order chi connectivity index (χ1) is 9.11. The average molecular weight is 261 g/mol. The Morgan fingerprint density at radius 2 is 2.16 bits per heavy atom. The number of carbonyl (C=O) groups is 1. The zero-order valence-electron chi connectivity index (χ0n) is 11.7. The van der Waals surface area contributed by atoms with Crippen LogP contribution in [-0.4, -0.2) is 30.4 Å². The molecule has 0 spiro atoms. The maximum atomic E-state index is 12.2. The fourth-order valence-electron chi connectivity index (χ4n) is 2.12. The minimum absolute atomic E-state index is 0.0315. The van der Waals surface area contributed by atoms with E-state index in [9.17, 15) is 4.79 Å². The number of amides is 1. The molecule has 1 aromatic rings. The van der Waals surface area contributed by atoms with Crippen molar-refractivity contribution < 1.29 is 4.79 Å². The lowest BCUT2D eigenvalue weighted by Crippen LogP contribution is -2.40. The molecule has 1 saturated carbocycles. The molecule has 1 unspecified atom stereocenters. The lowest BCUT2D eigenvalue weighted by atomic mass is 10.1. The standard InChI is InChI=1S/C15H23N3O/c1-11(18(2)10-12-7-8-12)15(19)17-14-6-4-3-5-13(14)9-16/h3-6,11-12H,7-10,16H2,1-2H3,(H,17,19). The van der Waals surface area contributed by atoms with Crippen molar-refractivity contribution in [3.05, 3.63) is 29.8 Å². The molecule has 0 saturated heterocycles. The van der Waals surface area contributed by atoms with Crippen LogP contribution < -0.4 is 11.1 Å². The van der Waals surface area contributed by atoms with Crippen LogP contribution in [0, 0.1) is 5.92 Å². The summed E-state index contributed by atoms with van der Waals surface area (Å²) >= 11 is 0. The molecule has 1 amide bonds. The van der Waals surface area contributed by atoms with Crippen LogP contribution in [0.2, 0.25) is 0 Å². The number of anilines is 1. The first kappa shape index (κ1) is 14.0. The SMILES string of the molecule is CC(C(=O)Nc1ccccc1CN)N(C)CC1CC1. The van der Waals surface area contributed by atoms with Crippen LogP contribution in [-0.2, 0) is 11.3 Å². The van der Waals surface area contributed by atoms with Gasteiger partial charge in [0.25, 0.3) is 0 Å². The van der Waals surface area contributed by atoms with Crippen LogP contribution in [0.3, 0.4) is 0 Å². The molecule has 19 heavy (non-hydrogen) atoms. The Hall–Kier alpha value is -1.39. The molecule has 0 heterocycles. The van der Waals surface area contributed by atoms with E-state index in [1.807, 2.05) is 38.2 Å². The van der Waals surface area contributed by atoms with E-state index < -0.39 is 0 Å². The summed E-state index contributed by atoms with van der Waals surface area (Å²) in [5.41, 5.74) is 7.46. The van der Waals surface area contributed by atoms with Crippen molar-refractivity contribution in [1.82, 2.24) is 4.90 Å². The summed E-state index contributed by atoms with van der Waals surface area (Å²) in [6, 6.07) is 7.56. The number of likely N-dealkylation sites (N-methyl/N-ethyl adjacent to an activating group) is 1. The number of nitrogens with zero attached hydrogens (tertiary/aromatic N) is 1. The molecule has 2 rings (SSSR count). The van der Waals surface area contributed by atoms with E-state index in [-0.39, 0.29) is 11.9 Å². The van der Waals surface area contributed by atoms with Gasteiger partial charge >= 0.3 is 0 Å². The van der Waals surface area contributed by atoms with Gasteiger partial charge in [-0.25, -0.2) is 0 Å². The van der Waals surface area contributed by atoms with E-state index in [1.165, 1.54) is 12.8 Å². The Bertz CT molecular complexity index is 443. The Morgan fingerprint density at radius 3 is 2.79 bits per heavy atom. The summed E-state index contributed by atoms with van der Waals surface area (Å²) in [5, 5.41) is 2.98. The topological polar surface area (TPSA) is 58.4 Å².